The van der Waals surface area contributed by atoms with Gasteiger partial charge < -0.3 is 15.4 Å². The second kappa shape index (κ2) is 5.98. The Morgan fingerprint density at radius 1 is 1.71 bits per heavy atom. The molecule has 1 saturated heterocycles. The van der Waals surface area contributed by atoms with Gasteiger partial charge in [-0.3, -0.25) is 4.79 Å². The molecule has 4 heteroatoms. The fourth-order valence-electron chi connectivity index (χ4n) is 1.62. The number of hydrogen-bond acceptors (Lipinski definition) is 3. The molecule has 0 aromatic rings. The number of hydrogen-bond donors (Lipinski definition) is 2. The van der Waals surface area contributed by atoms with Crippen LogP contribution in [0.3, 0.4) is 0 Å². The third-order valence-electron chi connectivity index (χ3n) is 2.68. The lowest BCUT2D eigenvalue weighted by Crippen LogP contribution is -2.36. The Kier molecular flexibility index (Phi) is 4.90. The molecular weight excluding hydrogens is 180 g/mol. The highest BCUT2D eigenvalue weighted by molar-refractivity contribution is 5.80. The maximum absolute atomic E-state index is 11.3. The van der Waals surface area contributed by atoms with E-state index in [2.05, 4.69) is 10.6 Å². The molecule has 0 aromatic heterocycles. The molecule has 0 bridgehead atoms. The highest BCUT2D eigenvalue weighted by atomic mass is 16.5. The van der Waals surface area contributed by atoms with Crippen molar-refractivity contribution in [1.82, 2.24) is 10.6 Å². The van der Waals surface area contributed by atoms with E-state index < -0.39 is 0 Å². The van der Waals surface area contributed by atoms with Gasteiger partial charge in [0.25, 0.3) is 0 Å². The summed E-state index contributed by atoms with van der Waals surface area (Å²) in [5.41, 5.74) is 0. The number of rotatable bonds is 5. The Hall–Kier alpha value is -0.610. The molecule has 1 amide bonds. The number of carbonyl (C=O) groups is 1. The summed E-state index contributed by atoms with van der Waals surface area (Å²) < 4.78 is 4.91. The molecule has 1 fully saturated rings. The highest BCUT2D eigenvalue weighted by Gasteiger charge is 2.15. The standard InChI is InChI=1S/C10H20N2O2/c1-8(14-2)10(13)12-7-5-9-4-3-6-11-9/h8-9,11H,3-7H2,1-2H3,(H,12,13). The molecule has 0 saturated carbocycles. The van der Waals surface area contributed by atoms with Gasteiger partial charge in [-0.25, -0.2) is 0 Å². The van der Waals surface area contributed by atoms with Crippen molar-refractivity contribution in [2.75, 3.05) is 20.2 Å². The van der Waals surface area contributed by atoms with Crippen LogP contribution in [0.2, 0.25) is 0 Å². The van der Waals surface area contributed by atoms with Crippen LogP contribution >= 0.6 is 0 Å². The third kappa shape index (κ3) is 3.64. The maximum Gasteiger partial charge on any atom is 0.248 e. The third-order valence-corrected chi connectivity index (χ3v) is 2.68. The van der Waals surface area contributed by atoms with Crippen molar-refractivity contribution < 1.29 is 9.53 Å². The Morgan fingerprint density at radius 3 is 3.07 bits per heavy atom. The van der Waals surface area contributed by atoms with Gasteiger partial charge in [0.15, 0.2) is 0 Å². The second-order valence-electron chi connectivity index (χ2n) is 3.75. The summed E-state index contributed by atoms with van der Waals surface area (Å²) in [6.07, 6.45) is 3.16. The van der Waals surface area contributed by atoms with Gasteiger partial charge in [0.05, 0.1) is 0 Å². The molecule has 4 nitrogen and oxygen atoms in total. The van der Waals surface area contributed by atoms with Crippen molar-refractivity contribution in [3.63, 3.8) is 0 Å². The van der Waals surface area contributed by atoms with Gasteiger partial charge in [-0.1, -0.05) is 0 Å². The molecule has 1 aliphatic rings. The first-order valence-electron chi connectivity index (χ1n) is 5.28. The van der Waals surface area contributed by atoms with Gasteiger partial charge in [-0.05, 0) is 32.7 Å². The smallest absolute Gasteiger partial charge is 0.248 e. The lowest BCUT2D eigenvalue weighted by Gasteiger charge is -2.13. The molecule has 0 aliphatic carbocycles. The van der Waals surface area contributed by atoms with E-state index in [4.69, 9.17) is 4.74 Å². The van der Waals surface area contributed by atoms with Crippen LogP contribution in [0.5, 0.6) is 0 Å². The summed E-state index contributed by atoms with van der Waals surface area (Å²) in [6, 6.07) is 0.591. The Bertz CT molecular complexity index is 179. The van der Waals surface area contributed by atoms with Crippen LogP contribution in [0.4, 0.5) is 0 Å². The van der Waals surface area contributed by atoms with E-state index in [0.717, 1.165) is 19.5 Å². The summed E-state index contributed by atoms with van der Waals surface area (Å²) in [6.45, 7) is 3.61. The lowest BCUT2D eigenvalue weighted by atomic mass is 10.1. The molecule has 0 spiro atoms. The first kappa shape index (κ1) is 11.5. The first-order valence-corrected chi connectivity index (χ1v) is 5.28. The fraction of sp³-hybridized carbons (Fsp3) is 0.900. The number of nitrogens with one attached hydrogen (secondary N) is 2. The van der Waals surface area contributed by atoms with Crippen LogP contribution in [0.15, 0.2) is 0 Å². The van der Waals surface area contributed by atoms with Crippen molar-refractivity contribution in [1.29, 1.82) is 0 Å². The van der Waals surface area contributed by atoms with Crippen LogP contribution in [-0.2, 0) is 9.53 Å². The molecule has 1 rings (SSSR count). The minimum atomic E-state index is -0.341. The highest BCUT2D eigenvalue weighted by Crippen LogP contribution is 2.07. The predicted octanol–water partition coefficient (Wildman–Crippen LogP) is 0.280. The van der Waals surface area contributed by atoms with Gasteiger partial charge in [0.2, 0.25) is 5.91 Å². The number of amides is 1. The Labute approximate surface area is 85.4 Å². The summed E-state index contributed by atoms with van der Waals surface area (Å²) >= 11 is 0. The van der Waals surface area contributed by atoms with Crippen molar-refractivity contribution >= 4 is 5.91 Å². The van der Waals surface area contributed by atoms with E-state index in [-0.39, 0.29) is 12.0 Å². The van der Waals surface area contributed by atoms with Crippen molar-refractivity contribution in [3.05, 3.63) is 0 Å². The summed E-state index contributed by atoms with van der Waals surface area (Å²) in [4.78, 5) is 11.3. The van der Waals surface area contributed by atoms with E-state index in [1.165, 1.54) is 12.8 Å². The summed E-state index contributed by atoms with van der Waals surface area (Å²) in [5, 5.41) is 6.25. The molecule has 0 radical (unpaired) electrons. The van der Waals surface area contributed by atoms with Crippen molar-refractivity contribution in [2.24, 2.45) is 0 Å². The van der Waals surface area contributed by atoms with E-state index in [1.54, 1.807) is 14.0 Å². The number of methoxy groups -OCH3 is 1. The van der Waals surface area contributed by atoms with Gasteiger partial charge in [0, 0.05) is 19.7 Å². The van der Waals surface area contributed by atoms with Crippen LogP contribution in [0.1, 0.15) is 26.2 Å². The summed E-state index contributed by atoms with van der Waals surface area (Å²) in [7, 11) is 1.54. The molecule has 1 heterocycles. The molecule has 1 aliphatic heterocycles. The zero-order chi connectivity index (χ0) is 10.4. The molecule has 0 aromatic carbocycles. The lowest BCUT2D eigenvalue weighted by molar-refractivity contribution is -0.130. The first-order chi connectivity index (χ1) is 6.74. The molecule has 82 valence electrons. The topological polar surface area (TPSA) is 50.4 Å². The van der Waals surface area contributed by atoms with E-state index in [9.17, 15) is 4.79 Å². The number of ether oxygens (including phenoxy) is 1. The predicted molar refractivity (Wildman–Crippen MR) is 55.1 cm³/mol. The zero-order valence-electron chi connectivity index (χ0n) is 9.01. The Morgan fingerprint density at radius 2 is 2.50 bits per heavy atom. The van der Waals surface area contributed by atoms with Crippen LogP contribution in [0.25, 0.3) is 0 Å². The molecule has 14 heavy (non-hydrogen) atoms. The van der Waals surface area contributed by atoms with Crippen molar-refractivity contribution in [2.45, 2.75) is 38.3 Å². The molecule has 2 unspecified atom stereocenters. The van der Waals surface area contributed by atoms with Crippen molar-refractivity contribution in [3.8, 4) is 0 Å². The van der Waals surface area contributed by atoms with Gasteiger partial charge in [-0.15, -0.1) is 0 Å². The second-order valence-corrected chi connectivity index (χ2v) is 3.75. The van der Waals surface area contributed by atoms with E-state index in [0.29, 0.717) is 6.04 Å². The van der Waals surface area contributed by atoms with Gasteiger partial charge >= 0.3 is 0 Å². The number of carbonyl (C=O) groups excluding carboxylic acids is 1. The van der Waals surface area contributed by atoms with Gasteiger partial charge in [-0.2, -0.15) is 0 Å². The fourth-order valence-corrected chi connectivity index (χ4v) is 1.62. The van der Waals surface area contributed by atoms with Crippen LogP contribution < -0.4 is 10.6 Å². The Balaban J connectivity index is 2.05. The monoisotopic (exact) mass is 200 g/mol. The maximum atomic E-state index is 11.3. The SMILES string of the molecule is COC(C)C(=O)NCCC1CCCN1. The van der Waals surface area contributed by atoms with Crippen LogP contribution in [-0.4, -0.2) is 38.3 Å². The minimum Gasteiger partial charge on any atom is -0.372 e. The molecule has 2 N–H and O–H groups in total. The normalized spacial score (nSPS) is 23.4. The largest absolute Gasteiger partial charge is 0.372 e. The molecular formula is C10H20N2O2. The van der Waals surface area contributed by atoms with Gasteiger partial charge in [0.1, 0.15) is 6.10 Å². The summed E-state index contributed by atoms with van der Waals surface area (Å²) in [5.74, 6) is -0.0227. The minimum absolute atomic E-state index is 0.0227. The average molecular weight is 200 g/mol. The quantitative estimate of drug-likeness (QED) is 0.670. The zero-order valence-corrected chi connectivity index (χ0v) is 9.01. The average Bonchev–Trinajstić information content (AvgIpc) is 2.69. The molecule has 2 atom stereocenters. The van der Waals surface area contributed by atoms with E-state index in [1.807, 2.05) is 0 Å². The van der Waals surface area contributed by atoms with Crippen LogP contribution in [0, 0.1) is 0 Å². The van der Waals surface area contributed by atoms with E-state index >= 15 is 0 Å².